The summed E-state index contributed by atoms with van der Waals surface area (Å²) in [4.78, 5) is 25.8. The lowest BCUT2D eigenvalue weighted by Crippen LogP contribution is -2.35. The van der Waals surface area contributed by atoms with Gasteiger partial charge in [0.1, 0.15) is 5.75 Å². The van der Waals surface area contributed by atoms with Crippen LogP contribution in [0, 0.1) is 0 Å². The summed E-state index contributed by atoms with van der Waals surface area (Å²) in [5.41, 5.74) is 1.60. The first-order valence-corrected chi connectivity index (χ1v) is 8.72. The van der Waals surface area contributed by atoms with Gasteiger partial charge in [0, 0.05) is 25.5 Å². The second kappa shape index (κ2) is 7.98. The number of nitrogens with one attached hydrogen (secondary N) is 2. The van der Waals surface area contributed by atoms with Crippen LogP contribution in [0.1, 0.15) is 29.4 Å². The van der Waals surface area contributed by atoms with Gasteiger partial charge in [-0.05, 0) is 43.7 Å². The number of amides is 2. The summed E-state index contributed by atoms with van der Waals surface area (Å²) in [5.74, 6) is 0.221. The average Bonchev–Trinajstić information content (AvgIpc) is 3.16. The predicted octanol–water partition coefficient (Wildman–Crippen LogP) is 1.84. The third-order valence-electron chi connectivity index (χ3n) is 4.79. The minimum Gasteiger partial charge on any atom is -0.482 e. The van der Waals surface area contributed by atoms with Crippen molar-refractivity contribution in [3.05, 3.63) is 36.2 Å². The van der Waals surface area contributed by atoms with Crippen molar-refractivity contribution in [1.82, 2.24) is 15.1 Å². The minimum absolute atomic E-state index is 0. The number of benzene rings is 1. The predicted molar refractivity (Wildman–Crippen MR) is 104 cm³/mol. The van der Waals surface area contributed by atoms with Crippen molar-refractivity contribution in [2.75, 3.05) is 37.0 Å². The Morgan fingerprint density at radius 3 is 3.00 bits per heavy atom. The van der Waals surface area contributed by atoms with E-state index in [1.807, 2.05) is 10.9 Å². The van der Waals surface area contributed by atoms with Gasteiger partial charge in [-0.15, -0.1) is 12.4 Å². The number of rotatable bonds is 3. The van der Waals surface area contributed by atoms with Crippen molar-refractivity contribution in [3.8, 4) is 5.75 Å². The van der Waals surface area contributed by atoms with E-state index in [1.165, 1.54) is 4.90 Å². The quantitative estimate of drug-likeness (QED) is 0.833. The van der Waals surface area contributed by atoms with Crippen LogP contribution in [0.2, 0.25) is 0 Å². The summed E-state index contributed by atoms with van der Waals surface area (Å²) in [7, 11) is 1.69. The number of nitrogens with zero attached hydrogens (tertiary/aromatic N) is 3. The molecule has 1 unspecified atom stereocenters. The highest BCUT2D eigenvalue weighted by Gasteiger charge is 2.23. The zero-order chi connectivity index (χ0) is 18.1. The fourth-order valence-electron chi connectivity index (χ4n) is 3.27. The third kappa shape index (κ3) is 3.91. The Kier molecular flexibility index (Phi) is 5.67. The topological polar surface area (TPSA) is 88.5 Å². The standard InChI is InChI=1S/C18H21N5O3.ClH/c1-22-15-9-12(4-5-16(15)26-11-17(22)24)20-18(25)14-6-8-23(21-14)13-3-2-7-19-10-13;/h4-6,8-9,13,19H,2-3,7,10-11H2,1H3,(H,20,25);1H. The molecule has 1 fully saturated rings. The molecule has 1 saturated heterocycles. The normalized spacial score (nSPS) is 18.9. The molecule has 2 aromatic rings. The van der Waals surface area contributed by atoms with Crippen LogP contribution in [-0.2, 0) is 4.79 Å². The van der Waals surface area contributed by atoms with E-state index in [9.17, 15) is 9.59 Å². The molecule has 0 radical (unpaired) electrons. The molecule has 0 aliphatic carbocycles. The highest BCUT2D eigenvalue weighted by atomic mass is 35.5. The van der Waals surface area contributed by atoms with E-state index in [-0.39, 0.29) is 36.9 Å². The second-order valence-corrected chi connectivity index (χ2v) is 6.56. The van der Waals surface area contributed by atoms with Gasteiger partial charge in [-0.25, -0.2) is 0 Å². The van der Waals surface area contributed by atoms with E-state index in [0.717, 1.165) is 25.9 Å². The van der Waals surface area contributed by atoms with Crippen molar-refractivity contribution in [1.29, 1.82) is 0 Å². The third-order valence-corrected chi connectivity index (χ3v) is 4.79. The molecule has 27 heavy (non-hydrogen) atoms. The average molecular weight is 392 g/mol. The van der Waals surface area contributed by atoms with Crippen LogP contribution in [0.3, 0.4) is 0 Å². The van der Waals surface area contributed by atoms with E-state index < -0.39 is 0 Å². The molecule has 9 heteroatoms. The van der Waals surface area contributed by atoms with Gasteiger partial charge in [0.2, 0.25) is 0 Å². The van der Waals surface area contributed by atoms with Gasteiger partial charge in [-0.2, -0.15) is 5.10 Å². The van der Waals surface area contributed by atoms with Crippen molar-refractivity contribution in [3.63, 3.8) is 0 Å². The van der Waals surface area contributed by atoms with Gasteiger partial charge in [0.15, 0.2) is 12.3 Å². The van der Waals surface area contributed by atoms with E-state index in [2.05, 4.69) is 15.7 Å². The molecule has 4 rings (SSSR count). The van der Waals surface area contributed by atoms with Gasteiger partial charge in [-0.1, -0.05) is 0 Å². The Balaban J connectivity index is 0.00000210. The van der Waals surface area contributed by atoms with Crippen LogP contribution in [-0.4, -0.2) is 48.3 Å². The molecular weight excluding hydrogens is 370 g/mol. The maximum Gasteiger partial charge on any atom is 0.276 e. The number of anilines is 2. The fraction of sp³-hybridized carbons (Fsp3) is 0.389. The number of halogens is 1. The molecule has 2 amide bonds. The van der Waals surface area contributed by atoms with Crippen LogP contribution < -0.4 is 20.3 Å². The van der Waals surface area contributed by atoms with Crippen molar-refractivity contribution in [2.45, 2.75) is 18.9 Å². The number of hydrogen-bond donors (Lipinski definition) is 2. The van der Waals surface area contributed by atoms with Crippen LogP contribution in [0.5, 0.6) is 5.75 Å². The maximum absolute atomic E-state index is 12.5. The number of likely N-dealkylation sites (N-methyl/N-ethyl adjacent to an activating group) is 1. The summed E-state index contributed by atoms with van der Waals surface area (Å²) < 4.78 is 7.25. The first kappa shape index (κ1) is 19.2. The molecule has 2 aliphatic heterocycles. The summed E-state index contributed by atoms with van der Waals surface area (Å²) in [6.45, 7) is 1.93. The van der Waals surface area contributed by atoms with Gasteiger partial charge < -0.3 is 20.3 Å². The van der Waals surface area contributed by atoms with Gasteiger partial charge in [0.25, 0.3) is 11.8 Å². The van der Waals surface area contributed by atoms with Crippen LogP contribution in [0.15, 0.2) is 30.5 Å². The zero-order valence-electron chi connectivity index (χ0n) is 15.0. The summed E-state index contributed by atoms with van der Waals surface area (Å²) >= 11 is 0. The van der Waals surface area contributed by atoms with E-state index >= 15 is 0 Å². The molecule has 144 valence electrons. The summed E-state index contributed by atoms with van der Waals surface area (Å²) in [5, 5.41) is 10.6. The van der Waals surface area contributed by atoms with Gasteiger partial charge in [-0.3, -0.25) is 14.3 Å². The Morgan fingerprint density at radius 2 is 2.22 bits per heavy atom. The number of piperidine rings is 1. The lowest BCUT2D eigenvalue weighted by atomic mass is 10.1. The molecule has 3 heterocycles. The smallest absolute Gasteiger partial charge is 0.276 e. The highest BCUT2D eigenvalue weighted by molar-refractivity contribution is 6.04. The Labute approximate surface area is 163 Å². The molecule has 1 aromatic carbocycles. The van der Waals surface area contributed by atoms with E-state index in [1.54, 1.807) is 31.3 Å². The van der Waals surface area contributed by atoms with Crippen LogP contribution in [0.25, 0.3) is 0 Å². The number of carbonyl (C=O) groups excluding carboxylic acids is 2. The van der Waals surface area contributed by atoms with Crippen molar-refractivity contribution >= 4 is 35.6 Å². The Morgan fingerprint density at radius 1 is 1.37 bits per heavy atom. The number of carbonyl (C=O) groups is 2. The lowest BCUT2D eigenvalue weighted by molar-refractivity contribution is -0.120. The number of fused-ring (bicyclic) bond motifs is 1. The Hall–Kier alpha value is -2.58. The van der Waals surface area contributed by atoms with Crippen molar-refractivity contribution in [2.24, 2.45) is 0 Å². The molecule has 1 atom stereocenters. The molecule has 2 N–H and O–H groups in total. The van der Waals surface area contributed by atoms with E-state index in [4.69, 9.17) is 4.74 Å². The van der Waals surface area contributed by atoms with Crippen LogP contribution in [0.4, 0.5) is 11.4 Å². The highest BCUT2D eigenvalue weighted by Crippen LogP contribution is 2.33. The Bertz CT molecular complexity index is 847. The number of ether oxygens (including phenoxy) is 1. The second-order valence-electron chi connectivity index (χ2n) is 6.56. The largest absolute Gasteiger partial charge is 0.482 e. The van der Waals surface area contributed by atoms with E-state index in [0.29, 0.717) is 22.8 Å². The SMILES string of the molecule is CN1C(=O)COc2ccc(NC(=O)c3ccn(C4CCCNC4)n3)cc21.Cl. The zero-order valence-corrected chi connectivity index (χ0v) is 15.8. The fourth-order valence-corrected chi connectivity index (χ4v) is 3.27. The first-order chi connectivity index (χ1) is 12.6. The van der Waals surface area contributed by atoms with Crippen LogP contribution >= 0.6 is 12.4 Å². The van der Waals surface area contributed by atoms with Gasteiger partial charge >= 0.3 is 0 Å². The molecule has 8 nitrogen and oxygen atoms in total. The summed E-state index contributed by atoms with van der Waals surface area (Å²) in [6, 6.07) is 7.24. The molecular formula is C18H22ClN5O3. The summed E-state index contributed by atoms with van der Waals surface area (Å²) in [6.07, 6.45) is 4.01. The lowest BCUT2D eigenvalue weighted by Gasteiger charge is -2.26. The minimum atomic E-state index is -0.279. The maximum atomic E-state index is 12.5. The van der Waals surface area contributed by atoms with Crippen molar-refractivity contribution < 1.29 is 14.3 Å². The molecule has 0 spiro atoms. The first-order valence-electron chi connectivity index (χ1n) is 8.72. The molecule has 2 aliphatic rings. The molecule has 0 bridgehead atoms. The number of hydrogen-bond acceptors (Lipinski definition) is 5. The molecule has 1 aromatic heterocycles. The molecule has 0 saturated carbocycles. The monoisotopic (exact) mass is 391 g/mol. The van der Waals surface area contributed by atoms with Gasteiger partial charge in [0.05, 0.1) is 11.7 Å². The number of aromatic nitrogens is 2.